The van der Waals surface area contributed by atoms with Crippen LogP contribution < -0.4 is 19.8 Å². The Hall–Kier alpha value is -3.72. The van der Waals surface area contributed by atoms with Gasteiger partial charge in [0.1, 0.15) is 10.6 Å². The summed E-state index contributed by atoms with van der Waals surface area (Å²) in [6.07, 6.45) is 0.912. The number of carbonyl (C=O) groups excluding carboxylic acids is 1. The first-order valence-electron chi connectivity index (χ1n) is 12.9. The van der Waals surface area contributed by atoms with Crippen LogP contribution in [0.1, 0.15) is 79.7 Å². The van der Waals surface area contributed by atoms with E-state index in [1.807, 2.05) is 39.0 Å². The van der Waals surface area contributed by atoms with Crippen molar-refractivity contribution < 1.29 is 18.7 Å². The smallest absolute Gasteiger partial charge is 0.297 e. The molecule has 1 atom stereocenters. The van der Waals surface area contributed by atoms with Crippen molar-refractivity contribution in [1.29, 1.82) is 0 Å². The number of ether oxygens (including phenoxy) is 2. The van der Waals surface area contributed by atoms with Crippen molar-refractivity contribution in [1.82, 2.24) is 10.2 Å². The third-order valence-electron chi connectivity index (χ3n) is 6.44. The Balaban J connectivity index is 1.67. The van der Waals surface area contributed by atoms with Gasteiger partial charge in [-0.1, -0.05) is 57.2 Å². The van der Waals surface area contributed by atoms with E-state index in [1.54, 1.807) is 24.3 Å². The minimum Gasteiger partial charge on any atom is -0.490 e. The van der Waals surface area contributed by atoms with Gasteiger partial charge in [0.05, 0.1) is 30.2 Å². The summed E-state index contributed by atoms with van der Waals surface area (Å²) in [5, 5.41) is 10.3. The minimum atomic E-state index is -0.754. The number of aromatic nitrogens is 2. The molecule has 198 valence electrons. The SMILES string of the molecule is CCOc1cc([C@@H]2c3c(oc4ccccc4c3=O)C(=O)N2c2nnc(C(C)C)s2)ccc1OCCC(C)C. The highest BCUT2D eigenvalue weighted by Crippen LogP contribution is 2.44. The largest absolute Gasteiger partial charge is 0.490 e. The lowest BCUT2D eigenvalue weighted by atomic mass is 9.98. The molecule has 0 spiro atoms. The van der Waals surface area contributed by atoms with Gasteiger partial charge in [-0.3, -0.25) is 14.5 Å². The van der Waals surface area contributed by atoms with Gasteiger partial charge >= 0.3 is 0 Å². The molecule has 1 aliphatic heterocycles. The van der Waals surface area contributed by atoms with Crippen LogP contribution >= 0.6 is 11.3 Å². The molecule has 0 fully saturated rings. The zero-order chi connectivity index (χ0) is 27.0. The maximum Gasteiger partial charge on any atom is 0.297 e. The standard InChI is InChI=1S/C29H31N3O5S/c1-6-35-22-15-18(11-12-21(22)36-14-13-16(2)3)24-23-25(33)19-9-7-8-10-20(19)37-26(23)28(34)32(24)29-31-30-27(38-29)17(4)5/h7-12,15-17,24H,6,13-14H2,1-5H3/t24-/m1/s1. The van der Waals surface area contributed by atoms with Crippen molar-refractivity contribution in [3.63, 3.8) is 0 Å². The molecule has 0 radical (unpaired) electrons. The lowest BCUT2D eigenvalue weighted by molar-refractivity contribution is 0.0970. The van der Waals surface area contributed by atoms with E-state index < -0.39 is 11.9 Å². The van der Waals surface area contributed by atoms with Crippen molar-refractivity contribution >= 4 is 33.3 Å². The summed E-state index contributed by atoms with van der Waals surface area (Å²) in [5.41, 5.74) is 1.10. The highest BCUT2D eigenvalue weighted by molar-refractivity contribution is 7.15. The first-order chi connectivity index (χ1) is 18.3. The lowest BCUT2D eigenvalue weighted by Crippen LogP contribution is -2.29. The minimum absolute atomic E-state index is 0.0233. The number of nitrogens with zero attached hydrogens (tertiary/aromatic N) is 3. The topological polar surface area (TPSA) is 94.8 Å². The second kappa shape index (κ2) is 10.6. The fourth-order valence-corrected chi connectivity index (χ4v) is 5.35. The summed E-state index contributed by atoms with van der Waals surface area (Å²) in [4.78, 5) is 29.1. The van der Waals surface area contributed by atoms with E-state index in [0.29, 0.717) is 52.3 Å². The zero-order valence-electron chi connectivity index (χ0n) is 22.2. The average Bonchev–Trinajstić information content (AvgIpc) is 3.48. The Labute approximate surface area is 225 Å². The Kier molecular flexibility index (Phi) is 7.21. The van der Waals surface area contributed by atoms with Crippen LogP contribution in [0.5, 0.6) is 11.5 Å². The molecule has 0 saturated heterocycles. The van der Waals surface area contributed by atoms with Crippen LogP contribution in [0, 0.1) is 5.92 Å². The van der Waals surface area contributed by atoms with Crippen LogP contribution in [0.25, 0.3) is 11.0 Å². The number of carbonyl (C=O) groups is 1. The molecule has 3 heterocycles. The molecule has 2 aromatic carbocycles. The van der Waals surface area contributed by atoms with E-state index >= 15 is 0 Å². The lowest BCUT2D eigenvalue weighted by Gasteiger charge is -2.23. The fraction of sp³-hybridized carbons (Fsp3) is 0.379. The van der Waals surface area contributed by atoms with Gasteiger partial charge in [-0.2, -0.15) is 0 Å². The predicted octanol–water partition coefficient (Wildman–Crippen LogP) is 6.34. The average molecular weight is 534 g/mol. The van der Waals surface area contributed by atoms with Gasteiger partial charge in [-0.05, 0) is 49.1 Å². The first kappa shape index (κ1) is 25.9. The molecule has 0 bridgehead atoms. The molecule has 8 nitrogen and oxygen atoms in total. The van der Waals surface area contributed by atoms with E-state index in [0.717, 1.165) is 11.4 Å². The number of rotatable bonds is 9. The van der Waals surface area contributed by atoms with Crippen molar-refractivity contribution in [3.8, 4) is 11.5 Å². The number of fused-ring (bicyclic) bond motifs is 2. The van der Waals surface area contributed by atoms with Gasteiger partial charge in [0, 0.05) is 5.92 Å². The van der Waals surface area contributed by atoms with Crippen LogP contribution in [0.3, 0.4) is 0 Å². The van der Waals surface area contributed by atoms with Crippen LogP contribution in [-0.2, 0) is 0 Å². The van der Waals surface area contributed by atoms with Gasteiger partial charge in [-0.25, -0.2) is 0 Å². The molecule has 0 aliphatic carbocycles. The van der Waals surface area contributed by atoms with Crippen molar-refractivity contribution in [2.45, 2.75) is 53.0 Å². The van der Waals surface area contributed by atoms with Crippen LogP contribution in [0.15, 0.2) is 51.7 Å². The predicted molar refractivity (Wildman–Crippen MR) is 148 cm³/mol. The maximum absolute atomic E-state index is 13.8. The monoisotopic (exact) mass is 533 g/mol. The van der Waals surface area contributed by atoms with E-state index in [4.69, 9.17) is 13.9 Å². The summed E-state index contributed by atoms with van der Waals surface area (Å²) >= 11 is 1.34. The summed E-state index contributed by atoms with van der Waals surface area (Å²) in [6.45, 7) is 11.2. The highest BCUT2D eigenvalue weighted by atomic mass is 32.1. The molecule has 1 aliphatic rings. The number of benzene rings is 2. The number of para-hydroxylation sites is 1. The van der Waals surface area contributed by atoms with Gasteiger partial charge < -0.3 is 13.9 Å². The molecule has 0 N–H and O–H groups in total. The molecule has 2 aromatic heterocycles. The molecule has 0 unspecified atom stereocenters. The van der Waals surface area contributed by atoms with E-state index in [-0.39, 0.29) is 22.7 Å². The highest BCUT2D eigenvalue weighted by Gasteiger charge is 2.45. The molecule has 9 heteroatoms. The number of amides is 1. The molecular weight excluding hydrogens is 502 g/mol. The second-order valence-electron chi connectivity index (χ2n) is 10.00. The quantitative estimate of drug-likeness (QED) is 0.248. The first-order valence-corrected chi connectivity index (χ1v) is 13.7. The summed E-state index contributed by atoms with van der Waals surface area (Å²) in [6, 6.07) is 11.8. The van der Waals surface area contributed by atoms with Crippen LogP contribution in [0.4, 0.5) is 5.13 Å². The molecule has 38 heavy (non-hydrogen) atoms. The van der Waals surface area contributed by atoms with E-state index in [2.05, 4.69) is 24.0 Å². The summed E-state index contributed by atoms with van der Waals surface area (Å²) in [7, 11) is 0. The Morgan fingerprint density at radius 2 is 1.82 bits per heavy atom. The van der Waals surface area contributed by atoms with Gasteiger partial charge in [0.2, 0.25) is 10.9 Å². The second-order valence-corrected chi connectivity index (χ2v) is 11.0. The van der Waals surface area contributed by atoms with Crippen molar-refractivity contribution in [3.05, 3.63) is 74.6 Å². The number of hydrogen-bond acceptors (Lipinski definition) is 8. The number of hydrogen-bond donors (Lipinski definition) is 0. The number of anilines is 1. The van der Waals surface area contributed by atoms with Crippen LogP contribution in [-0.4, -0.2) is 29.3 Å². The van der Waals surface area contributed by atoms with Gasteiger partial charge in [0.15, 0.2) is 16.9 Å². The maximum atomic E-state index is 13.8. The Bertz CT molecular complexity index is 1540. The summed E-state index contributed by atoms with van der Waals surface area (Å²) in [5.74, 6) is 1.44. The third-order valence-corrected chi connectivity index (χ3v) is 7.67. The molecule has 5 rings (SSSR count). The Morgan fingerprint density at radius 1 is 1.03 bits per heavy atom. The molecule has 0 saturated carbocycles. The van der Waals surface area contributed by atoms with Gasteiger partial charge in [-0.15, -0.1) is 10.2 Å². The van der Waals surface area contributed by atoms with E-state index in [9.17, 15) is 9.59 Å². The molecular formula is C29H31N3O5S. The molecule has 4 aromatic rings. The van der Waals surface area contributed by atoms with Crippen molar-refractivity contribution in [2.24, 2.45) is 5.92 Å². The molecule has 1 amide bonds. The van der Waals surface area contributed by atoms with Crippen LogP contribution in [0.2, 0.25) is 0 Å². The summed E-state index contributed by atoms with van der Waals surface area (Å²) < 4.78 is 18.0. The Morgan fingerprint density at radius 3 is 2.53 bits per heavy atom. The normalized spacial score (nSPS) is 15.1. The van der Waals surface area contributed by atoms with Gasteiger partial charge in [0.25, 0.3) is 5.91 Å². The third kappa shape index (κ3) is 4.67. The fourth-order valence-electron chi connectivity index (χ4n) is 4.48. The zero-order valence-corrected chi connectivity index (χ0v) is 23.0. The van der Waals surface area contributed by atoms with Crippen molar-refractivity contribution in [2.75, 3.05) is 18.1 Å². The van der Waals surface area contributed by atoms with E-state index in [1.165, 1.54) is 16.2 Å².